The Bertz CT molecular complexity index is 846. The highest BCUT2D eigenvalue weighted by Gasteiger charge is 2.34. The van der Waals surface area contributed by atoms with Gasteiger partial charge in [0, 0.05) is 11.7 Å². The Morgan fingerprint density at radius 2 is 1.92 bits per heavy atom. The first-order chi connectivity index (χ1) is 12.4. The van der Waals surface area contributed by atoms with Crippen molar-refractivity contribution in [1.29, 1.82) is 0 Å². The Morgan fingerprint density at radius 1 is 1.19 bits per heavy atom. The molecule has 0 radical (unpaired) electrons. The average molecular weight is 353 g/mol. The molecule has 0 bridgehead atoms. The van der Waals surface area contributed by atoms with Crippen molar-refractivity contribution in [1.82, 2.24) is 0 Å². The second-order valence-corrected chi connectivity index (χ2v) is 6.64. The number of esters is 1. The topological polar surface area (TPSA) is 55.8 Å². The van der Waals surface area contributed by atoms with E-state index >= 15 is 0 Å². The first kappa shape index (κ1) is 18.0. The Labute approximate surface area is 153 Å². The Hall–Kier alpha value is -2.82. The minimum absolute atomic E-state index is 0.0366. The normalized spacial score (nSPS) is 16.8. The van der Waals surface area contributed by atoms with Crippen LogP contribution in [0.2, 0.25) is 0 Å². The van der Waals surface area contributed by atoms with Crippen molar-refractivity contribution >= 4 is 17.6 Å². The first-order valence-electron chi connectivity index (χ1n) is 8.69. The number of nitrogens with zero attached hydrogens (tertiary/aromatic N) is 1. The lowest BCUT2D eigenvalue weighted by molar-refractivity contribution is -0.126. The van der Waals surface area contributed by atoms with Crippen LogP contribution in [0.1, 0.15) is 35.3 Å². The van der Waals surface area contributed by atoms with Crippen molar-refractivity contribution in [2.45, 2.75) is 39.3 Å². The zero-order valence-corrected chi connectivity index (χ0v) is 15.5. The highest BCUT2D eigenvalue weighted by atomic mass is 16.5. The molecule has 2 atom stereocenters. The smallest absolute Gasteiger partial charge is 0.342 e. The van der Waals surface area contributed by atoms with Gasteiger partial charge in [0.2, 0.25) is 0 Å². The maximum Gasteiger partial charge on any atom is 0.342 e. The third-order valence-electron chi connectivity index (χ3n) is 4.65. The molecule has 0 aliphatic carbocycles. The standard InChI is InChI=1S/C21H23NO4/c1-13-9-10-19(25-4)17(11-13)21(24)26-15(3)20(23)22-14(2)12-16-7-5-6-8-18(16)22/h5-11,14-15H,12H2,1-4H3/t14-,15-/m1/s1. The number of benzene rings is 2. The van der Waals surface area contributed by atoms with Gasteiger partial charge in [-0.25, -0.2) is 4.79 Å². The molecule has 1 heterocycles. The second-order valence-electron chi connectivity index (χ2n) is 6.64. The summed E-state index contributed by atoms with van der Waals surface area (Å²) in [6, 6.07) is 13.1. The summed E-state index contributed by atoms with van der Waals surface area (Å²) in [5.74, 6) is -0.353. The first-order valence-corrected chi connectivity index (χ1v) is 8.69. The van der Waals surface area contributed by atoms with E-state index in [2.05, 4.69) is 0 Å². The zero-order chi connectivity index (χ0) is 18.8. The van der Waals surface area contributed by atoms with Gasteiger partial charge in [0.1, 0.15) is 11.3 Å². The molecular formula is C21H23NO4. The van der Waals surface area contributed by atoms with Gasteiger partial charge in [0.25, 0.3) is 5.91 Å². The number of methoxy groups -OCH3 is 1. The Kier molecular flexibility index (Phi) is 4.98. The van der Waals surface area contributed by atoms with Crippen LogP contribution in [0.15, 0.2) is 42.5 Å². The number of rotatable bonds is 4. The molecule has 3 rings (SSSR count). The number of aryl methyl sites for hydroxylation is 1. The molecule has 2 aromatic carbocycles. The zero-order valence-electron chi connectivity index (χ0n) is 15.5. The third kappa shape index (κ3) is 3.29. The molecule has 1 amide bonds. The van der Waals surface area contributed by atoms with Gasteiger partial charge in [-0.3, -0.25) is 4.79 Å². The molecule has 0 spiro atoms. The summed E-state index contributed by atoms with van der Waals surface area (Å²) in [6.07, 6.45) is -0.0878. The van der Waals surface area contributed by atoms with Crippen molar-refractivity contribution in [3.8, 4) is 5.75 Å². The number of ether oxygens (including phenoxy) is 2. The van der Waals surface area contributed by atoms with E-state index in [1.54, 1.807) is 24.0 Å². The molecule has 5 heteroatoms. The Balaban J connectivity index is 1.78. The Morgan fingerprint density at radius 3 is 2.65 bits per heavy atom. The van der Waals surface area contributed by atoms with Gasteiger partial charge in [-0.1, -0.05) is 29.8 Å². The van der Waals surface area contributed by atoms with Gasteiger partial charge in [-0.2, -0.15) is 0 Å². The largest absolute Gasteiger partial charge is 0.496 e. The van der Waals surface area contributed by atoms with Gasteiger partial charge in [0.05, 0.1) is 7.11 Å². The quantitative estimate of drug-likeness (QED) is 0.789. The fourth-order valence-corrected chi connectivity index (χ4v) is 3.35. The van der Waals surface area contributed by atoms with Crippen LogP contribution in [0.5, 0.6) is 5.75 Å². The lowest BCUT2D eigenvalue weighted by atomic mass is 10.1. The fourth-order valence-electron chi connectivity index (χ4n) is 3.35. The molecule has 26 heavy (non-hydrogen) atoms. The molecule has 136 valence electrons. The number of hydrogen-bond donors (Lipinski definition) is 0. The predicted molar refractivity (Wildman–Crippen MR) is 99.7 cm³/mol. The number of fused-ring (bicyclic) bond motifs is 1. The van der Waals surface area contributed by atoms with Crippen LogP contribution in [0, 0.1) is 6.92 Å². The lowest BCUT2D eigenvalue weighted by Crippen LogP contribution is -2.43. The number of para-hydroxylation sites is 1. The lowest BCUT2D eigenvalue weighted by Gasteiger charge is -2.26. The van der Waals surface area contributed by atoms with Crippen LogP contribution in [0.4, 0.5) is 5.69 Å². The van der Waals surface area contributed by atoms with Crippen molar-refractivity contribution < 1.29 is 19.1 Å². The molecule has 2 aromatic rings. The highest BCUT2D eigenvalue weighted by molar-refractivity contribution is 6.01. The van der Waals surface area contributed by atoms with Crippen LogP contribution in [0.25, 0.3) is 0 Å². The van der Waals surface area contributed by atoms with E-state index in [1.807, 2.05) is 44.2 Å². The summed E-state index contributed by atoms with van der Waals surface area (Å²) in [5, 5.41) is 0. The fraction of sp³-hybridized carbons (Fsp3) is 0.333. The molecule has 0 fully saturated rings. The molecule has 0 N–H and O–H groups in total. The summed E-state index contributed by atoms with van der Waals surface area (Å²) >= 11 is 0. The molecule has 0 aromatic heterocycles. The summed E-state index contributed by atoms with van der Waals surface area (Å²) in [4.78, 5) is 27.2. The van der Waals surface area contributed by atoms with Crippen LogP contribution in [-0.4, -0.2) is 31.1 Å². The van der Waals surface area contributed by atoms with Crippen molar-refractivity contribution in [2.24, 2.45) is 0 Å². The highest BCUT2D eigenvalue weighted by Crippen LogP contribution is 2.32. The number of amides is 1. The molecule has 0 unspecified atom stereocenters. The molecule has 5 nitrogen and oxygen atoms in total. The van der Waals surface area contributed by atoms with E-state index in [1.165, 1.54) is 7.11 Å². The van der Waals surface area contributed by atoms with Gasteiger partial charge in [-0.05, 0) is 51.0 Å². The summed E-state index contributed by atoms with van der Waals surface area (Å²) < 4.78 is 10.7. The number of hydrogen-bond acceptors (Lipinski definition) is 4. The van der Waals surface area contributed by atoms with E-state index in [4.69, 9.17) is 9.47 Å². The van der Waals surface area contributed by atoms with Gasteiger partial charge >= 0.3 is 5.97 Å². The number of carbonyl (C=O) groups excluding carboxylic acids is 2. The van der Waals surface area contributed by atoms with E-state index in [0.717, 1.165) is 23.2 Å². The van der Waals surface area contributed by atoms with Crippen LogP contribution in [-0.2, 0) is 16.0 Å². The molecular weight excluding hydrogens is 330 g/mol. The molecule has 1 aliphatic rings. The average Bonchev–Trinajstić information content (AvgIpc) is 2.96. The minimum Gasteiger partial charge on any atom is -0.496 e. The molecule has 0 saturated carbocycles. The summed E-state index contributed by atoms with van der Waals surface area (Å²) in [5.41, 5.74) is 3.26. The van der Waals surface area contributed by atoms with Gasteiger partial charge < -0.3 is 14.4 Å². The maximum absolute atomic E-state index is 12.9. The second kappa shape index (κ2) is 7.20. The predicted octanol–water partition coefficient (Wildman–Crippen LogP) is 3.53. The maximum atomic E-state index is 12.9. The van der Waals surface area contributed by atoms with Crippen LogP contribution < -0.4 is 9.64 Å². The number of anilines is 1. The SMILES string of the molecule is COc1ccc(C)cc1C(=O)O[C@H](C)C(=O)N1c2ccccc2C[C@H]1C. The van der Waals surface area contributed by atoms with E-state index in [0.29, 0.717) is 11.3 Å². The monoisotopic (exact) mass is 353 g/mol. The van der Waals surface area contributed by atoms with Crippen LogP contribution in [0.3, 0.4) is 0 Å². The molecule has 1 aliphatic heterocycles. The van der Waals surface area contributed by atoms with Crippen molar-refractivity contribution in [3.63, 3.8) is 0 Å². The summed E-state index contributed by atoms with van der Waals surface area (Å²) in [7, 11) is 1.50. The molecule has 0 saturated heterocycles. The van der Waals surface area contributed by atoms with Crippen molar-refractivity contribution in [3.05, 3.63) is 59.2 Å². The van der Waals surface area contributed by atoms with Gasteiger partial charge in [0.15, 0.2) is 6.10 Å². The van der Waals surface area contributed by atoms with Crippen LogP contribution >= 0.6 is 0 Å². The van der Waals surface area contributed by atoms with E-state index < -0.39 is 12.1 Å². The van der Waals surface area contributed by atoms with E-state index in [-0.39, 0.29) is 11.9 Å². The van der Waals surface area contributed by atoms with Crippen molar-refractivity contribution in [2.75, 3.05) is 12.0 Å². The third-order valence-corrected chi connectivity index (χ3v) is 4.65. The summed E-state index contributed by atoms with van der Waals surface area (Å²) in [6.45, 7) is 5.49. The number of carbonyl (C=O) groups is 2. The van der Waals surface area contributed by atoms with E-state index in [9.17, 15) is 9.59 Å². The van der Waals surface area contributed by atoms with Gasteiger partial charge in [-0.15, -0.1) is 0 Å². The minimum atomic E-state index is -0.888.